The number of anilines is 1. The Bertz CT molecular complexity index is 598. The Labute approximate surface area is 129 Å². The fourth-order valence-corrected chi connectivity index (χ4v) is 2.45. The van der Waals surface area contributed by atoms with Crippen LogP contribution in [0.3, 0.4) is 0 Å². The maximum absolute atomic E-state index is 12.3. The highest BCUT2D eigenvalue weighted by Gasteiger charge is 2.49. The number of nitrogens with one attached hydrogen (secondary N) is 2. The highest BCUT2D eigenvalue weighted by Crippen LogP contribution is 2.41. The molecule has 118 valence electrons. The highest BCUT2D eigenvalue weighted by atomic mass is 16.5. The Morgan fingerprint density at radius 2 is 1.82 bits per heavy atom. The average molecular weight is 304 g/mol. The Balaban J connectivity index is 1.61. The molecular formula is C16H20N2O4. The number of carbonyl (C=O) groups excluding carboxylic acids is 2. The Morgan fingerprint density at radius 3 is 2.45 bits per heavy atom. The summed E-state index contributed by atoms with van der Waals surface area (Å²) in [5, 5.41) is 5.77. The molecule has 3 rings (SSSR count). The summed E-state index contributed by atoms with van der Waals surface area (Å²) in [5.41, 5.74) is 0.556. The monoisotopic (exact) mass is 304 g/mol. The summed E-state index contributed by atoms with van der Waals surface area (Å²) in [6.07, 6.45) is 2.71. The van der Waals surface area contributed by atoms with Gasteiger partial charge in [0.2, 0.25) is 11.8 Å². The second-order valence-corrected chi connectivity index (χ2v) is 5.79. The summed E-state index contributed by atoms with van der Waals surface area (Å²) >= 11 is 0. The second kappa shape index (κ2) is 5.87. The van der Waals surface area contributed by atoms with Gasteiger partial charge in [0.1, 0.15) is 11.5 Å². The predicted molar refractivity (Wildman–Crippen MR) is 80.9 cm³/mol. The molecule has 6 nitrogen and oxygen atoms in total. The van der Waals surface area contributed by atoms with E-state index in [0.717, 1.165) is 12.8 Å². The van der Waals surface area contributed by atoms with Gasteiger partial charge in [-0.25, -0.2) is 0 Å². The molecule has 6 heteroatoms. The van der Waals surface area contributed by atoms with Gasteiger partial charge in [0.25, 0.3) is 0 Å². The second-order valence-electron chi connectivity index (χ2n) is 5.79. The summed E-state index contributed by atoms with van der Waals surface area (Å²) < 4.78 is 10.4. The van der Waals surface area contributed by atoms with E-state index in [4.69, 9.17) is 9.47 Å². The molecule has 2 aliphatic rings. The zero-order valence-electron chi connectivity index (χ0n) is 12.7. The van der Waals surface area contributed by atoms with Crippen LogP contribution in [0.15, 0.2) is 18.2 Å². The van der Waals surface area contributed by atoms with Crippen molar-refractivity contribution >= 4 is 17.5 Å². The quantitative estimate of drug-likeness (QED) is 0.836. The van der Waals surface area contributed by atoms with Crippen LogP contribution < -0.4 is 20.1 Å². The fraction of sp³-hybridized carbons (Fsp3) is 0.500. The summed E-state index contributed by atoms with van der Waals surface area (Å²) in [5.74, 6) is 0.596. The summed E-state index contributed by atoms with van der Waals surface area (Å²) in [6, 6.07) is 5.53. The molecule has 2 amide bonds. The van der Waals surface area contributed by atoms with E-state index >= 15 is 0 Å². The molecular weight excluding hydrogens is 284 g/mol. The highest BCUT2D eigenvalue weighted by molar-refractivity contribution is 6.00. The Kier molecular flexibility index (Phi) is 3.92. The molecule has 2 aliphatic carbocycles. The molecule has 2 saturated carbocycles. The predicted octanol–water partition coefficient (Wildman–Crippen LogP) is 1.56. The van der Waals surface area contributed by atoms with Gasteiger partial charge in [0, 0.05) is 12.1 Å². The van der Waals surface area contributed by atoms with E-state index in [9.17, 15) is 9.59 Å². The lowest BCUT2D eigenvalue weighted by molar-refractivity contribution is -0.125. The van der Waals surface area contributed by atoms with Crippen molar-refractivity contribution in [1.29, 1.82) is 0 Å². The summed E-state index contributed by atoms with van der Waals surface area (Å²) in [6.45, 7) is 0. The van der Waals surface area contributed by atoms with E-state index in [1.807, 2.05) is 0 Å². The number of methoxy groups -OCH3 is 2. The van der Waals surface area contributed by atoms with Crippen LogP contribution in [0.4, 0.5) is 5.69 Å². The smallest absolute Gasteiger partial charge is 0.228 e. The van der Waals surface area contributed by atoms with Crippen LogP contribution in [0.25, 0.3) is 0 Å². The molecule has 2 N–H and O–H groups in total. The number of carbonyl (C=O) groups is 2. The van der Waals surface area contributed by atoms with Crippen molar-refractivity contribution in [3.05, 3.63) is 18.2 Å². The van der Waals surface area contributed by atoms with E-state index in [-0.39, 0.29) is 23.7 Å². The Morgan fingerprint density at radius 1 is 1.09 bits per heavy atom. The van der Waals surface area contributed by atoms with Gasteiger partial charge in [-0.15, -0.1) is 0 Å². The molecule has 2 unspecified atom stereocenters. The molecule has 0 aliphatic heterocycles. The minimum atomic E-state index is -0.255. The zero-order chi connectivity index (χ0) is 15.7. The molecule has 0 aromatic heterocycles. The fourth-order valence-electron chi connectivity index (χ4n) is 2.45. The molecule has 1 aromatic rings. The van der Waals surface area contributed by atoms with Crippen LogP contribution in [-0.4, -0.2) is 32.1 Å². The minimum Gasteiger partial charge on any atom is -0.497 e. The normalized spacial score (nSPS) is 22.6. The lowest BCUT2D eigenvalue weighted by atomic mass is 10.2. The lowest BCUT2D eigenvalue weighted by Crippen LogP contribution is -2.29. The summed E-state index contributed by atoms with van der Waals surface area (Å²) in [7, 11) is 3.10. The molecule has 0 heterocycles. The number of hydrogen-bond donors (Lipinski definition) is 2. The van der Waals surface area contributed by atoms with Crippen LogP contribution >= 0.6 is 0 Å². The van der Waals surface area contributed by atoms with Crippen LogP contribution in [0.1, 0.15) is 19.3 Å². The van der Waals surface area contributed by atoms with E-state index in [1.54, 1.807) is 32.4 Å². The van der Waals surface area contributed by atoms with Crippen LogP contribution in [0.2, 0.25) is 0 Å². The molecule has 22 heavy (non-hydrogen) atoms. The minimum absolute atomic E-state index is 0.000238. The van der Waals surface area contributed by atoms with Crippen LogP contribution in [-0.2, 0) is 9.59 Å². The molecule has 1 aromatic carbocycles. The first-order valence-corrected chi connectivity index (χ1v) is 7.45. The first-order valence-electron chi connectivity index (χ1n) is 7.45. The van der Waals surface area contributed by atoms with Gasteiger partial charge in [0.15, 0.2) is 0 Å². The van der Waals surface area contributed by atoms with E-state index < -0.39 is 0 Å². The third kappa shape index (κ3) is 3.16. The molecule has 2 fully saturated rings. The molecule has 0 bridgehead atoms. The molecule has 0 saturated heterocycles. The third-order valence-electron chi connectivity index (χ3n) is 4.05. The van der Waals surface area contributed by atoms with Gasteiger partial charge in [-0.2, -0.15) is 0 Å². The zero-order valence-corrected chi connectivity index (χ0v) is 12.7. The summed E-state index contributed by atoms with van der Waals surface area (Å²) in [4.78, 5) is 24.2. The van der Waals surface area contributed by atoms with E-state index in [2.05, 4.69) is 10.6 Å². The molecule has 2 atom stereocenters. The van der Waals surface area contributed by atoms with E-state index in [1.165, 1.54) is 0 Å². The van der Waals surface area contributed by atoms with Crippen molar-refractivity contribution in [3.63, 3.8) is 0 Å². The molecule has 0 radical (unpaired) electrons. The number of ether oxygens (including phenoxy) is 2. The maximum atomic E-state index is 12.3. The first kappa shape index (κ1) is 14.7. The molecule has 0 spiro atoms. The van der Waals surface area contributed by atoms with Crippen LogP contribution in [0.5, 0.6) is 11.5 Å². The lowest BCUT2D eigenvalue weighted by Gasteiger charge is -2.11. The maximum Gasteiger partial charge on any atom is 0.228 e. The Hall–Kier alpha value is -2.24. The number of benzene rings is 1. The number of rotatable bonds is 6. The van der Waals surface area contributed by atoms with Gasteiger partial charge < -0.3 is 20.1 Å². The van der Waals surface area contributed by atoms with Gasteiger partial charge >= 0.3 is 0 Å². The van der Waals surface area contributed by atoms with Gasteiger partial charge in [0.05, 0.1) is 31.7 Å². The van der Waals surface area contributed by atoms with Gasteiger partial charge in [-0.1, -0.05) is 0 Å². The van der Waals surface area contributed by atoms with Gasteiger partial charge in [-0.05, 0) is 31.4 Å². The van der Waals surface area contributed by atoms with Crippen LogP contribution in [0, 0.1) is 11.8 Å². The third-order valence-corrected chi connectivity index (χ3v) is 4.05. The standard InChI is InChI=1S/C16H20N2O4/c1-21-10-5-6-14(22-2)13(7-10)18-16(20)12-8-11(12)15(19)17-9-3-4-9/h5-7,9,11-12H,3-4,8H2,1-2H3,(H,17,19)(H,18,20). The van der Waals surface area contributed by atoms with Crippen molar-refractivity contribution in [3.8, 4) is 11.5 Å². The largest absolute Gasteiger partial charge is 0.497 e. The first-order chi connectivity index (χ1) is 10.6. The topological polar surface area (TPSA) is 76.7 Å². The van der Waals surface area contributed by atoms with E-state index in [0.29, 0.717) is 29.6 Å². The van der Waals surface area contributed by atoms with Crippen molar-refractivity contribution in [2.45, 2.75) is 25.3 Å². The van der Waals surface area contributed by atoms with Crippen molar-refractivity contribution in [2.75, 3.05) is 19.5 Å². The van der Waals surface area contributed by atoms with Crippen molar-refractivity contribution in [2.24, 2.45) is 11.8 Å². The number of amides is 2. The van der Waals surface area contributed by atoms with Gasteiger partial charge in [-0.3, -0.25) is 9.59 Å². The van der Waals surface area contributed by atoms with Crippen molar-refractivity contribution < 1.29 is 19.1 Å². The number of hydrogen-bond acceptors (Lipinski definition) is 4. The SMILES string of the molecule is COc1ccc(OC)c(NC(=O)C2CC2C(=O)NC2CC2)c1. The average Bonchev–Trinajstić information content (AvgIpc) is 3.40. The van der Waals surface area contributed by atoms with Crippen molar-refractivity contribution in [1.82, 2.24) is 5.32 Å².